The van der Waals surface area contributed by atoms with Gasteiger partial charge in [-0.15, -0.1) is 11.3 Å². The van der Waals surface area contributed by atoms with Gasteiger partial charge in [0, 0.05) is 27.0 Å². The van der Waals surface area contributed by atoms with Gasteiger partial charge in [0.15, 0.2) is 0 Å². The number of benzene rings is 1. The summed E-state index contributed by atoms with van der Waals surface area (Å²) in [6.45, 7) is 2.81. The fourth-order valence-corrected chi connectivity index (χ4v) is 2.65. The molecule has 0 radical (unpaired) electrons. The number of anilines is 1. The molecule has 0 aliphatic heterocycles. The van der Waals surface area contributed by atoms with Gasteiger partial charge in [-0.05, 0) is 40.5 Å². The van der Waals surface area contributed by atoms with Crippen LogP contribution >= 0.6 is 27.3 Å². The monoisotopic (exact) mass is 306 g/mol. The number of thiophene rings is 1. The third-order valence-electron chi connectivity index (χ3n) is 2.43. The van der Waals surface area contributed by atoms with Crippen molar-refractivity contribution in [3.05, 3.63) is 50.1 Å². The lowest BCUT2D eigenvalue weighted by atomic mass is 10.2. The van der Waals surface area contributed by atoms with Crippen LogP contribution in [-0.4, -0.2) is 0 Å². The maximum atomic E-state index is 8.75. The van der Waals surface area contributed by atoms with Crippen molar-refractivity contribution >= 4 is 33.0 Å². The number of halogens is 1. The van der Waals surface area contributed by atoms with Crippen LogP contribution in [0, 0.1) is 18.3 Å². The van der Waals surface area contributed by atoms with Crippen LogP contribution in [0.25, 0.3) is 0 Å². The average Bonchev–Trinajstić information content (AvgIpc) is 2.79. The number of hydrogen-bond donors (Lipinski definition) is 1. The average molecular weight is 307 g/mol. The van der Waals surface area contributed by atoms with Gasteiger partial charge < -0.3 is 5.32 Å². The molecule has 0 unspecified atom stereocenters. The van der Waals surface area contributed by atoms with E-state index < -0.39 is 0 Å². The Bertz CT molecular complexity index is 569. The Kier molecular flexibility index (Phi) is 3.82. The second kappa shape index (κ2) is 5.35. The molecule has 0 amide bonds. The number of nitrogens with zero attached hydrogens (tertiary/aromatic N) is 1. The van der Waals surface area contributed by atoms with Gasteiger partial charge in [-0.2, -0.15) is 5.26 Å². The largest absolute Gasteiger partial charge is 0.379 e. The van der Waals surface area contributed by atoms with Gasteiger partial charge in [0.05, 0.1) is 5.56 Å². The molecule has 1 aromatic heterocycles. The van der Waals surface area contributed by atoms with E-state index >= 15 is 0 Å². The van der Waals surface area contributed by atoms with Crippen LogP contribution in [0.15, 0.2) is 34.1 Å². The topological polar surface area (TPSA) is 35.8 Å². The van der Waals surface area contributed by atoms with Crippen molar-refractivity contribution in [1.82, 2.24) is 0 Å². The van der Waals surface area contributed by atoms with E-state index in [1.165, 1.54) is 5.56 Å². The quantitative estimate of drug-likeness (QED) is 0.917. The molecule has 1 aromatic carbocycles. The van der Waals surface area contributed by atoms with Gasteiger partial charge in [-0.1, -0.05) is 12.1 Å². The van der Waals surface area contributed by atoms with Crippen LogP contribution in [0.2, 0.25) is 0 Å². The molecule has 1 heterocycles. The van der Waals surface area contributed by atoms with Crippen LogP contribution < -0.4 is 5.32 Å². The predicted molar refractivity (Wildman–Crippen MR) is 75.2 cm³/mol. The summed E-state index contributed by atoms with van der Waals surface area (Å²) >= 11 is 5.16. The summed E-state index contributed by atoms with van der Waals surface area (Å²) in [6.07, 6.45) is 0. The Morgan fingerprint density at radius 1 is 1.47 bits per heavy atom. The molecule has 0 spiro atoms. The molecule has 2 rings (SSSR count). The minimum absolute atomic E-state index is 0.732. The molecule has 1 N–H and O–H groups in total. The third-order valence-corrected chi connectivity index (χ3v) is 4.42. The highest BCUT2D eigenvalue weighted by Gasteiger charge is 2.03. The summed E-state index contributed by atoms with van der Waals surface area (Å²) in [6, 6.07) is 10.2. The molecule has 0 aliphatic carbocycles. The van der Waals surface area contributed by atoms with Gasteiger partial charge >= 0.3 is 0 Å². The van der Waals surface area contributed by atoms with Crippen molar-refractivity contribution in [1.29, 1.82) is 5.26 Å². The molecule has 2 aromatic rings. The summed E-state index contributed by atoms with van der Waals surface area (Å²) in [5.41, 5.74) is 3.02. The maximum absolute atomic E-state index is 8.75. The molecular weight excluding hydrogens is 296 g/mol. The van der Waals surface area contributed by atoms with E-state index in [0.717, 1.165) is 27.1 Å². The van der Waals surface area contributed by atoms with Gasteiger partial charge in [0.1, 0.15) is 6.07 Å². The van der Waals surface area contributed by atoms with E-state index in [4.69, 9.17) is 5.26 Å². The third kappa shape index (κ3) is 2.87. The first-order valence-electron chi connectivity index (χ1n) is 5.17. The van der Waals surface area contributed by atoms with Gasteiger partial charge in [0.2, 0.25) is 0 Å². The second-order valence-corrected chi connectivity index (χ2v) is 5.49. The standard InChI is InChI=1S/C13H11BrN2S/c1-9-3-2-4-12(13(9)14)16-7-11-5-10(6-15)8-17-11/h2-5,8,16H,7H2,1H3. The minimum Gasteiger partial charge on any atom is -0.379 e. The summed E-state index contributed by atoms with van der Waals surface area (Å²) in [5, 5.41) is 14.0. The normalized spacial score (nSPS) is 9.94. The SMILES string of the molecule is Cc1cccc(NCc2cc(C#N)cs2)c1Br. The zero-order chi connectivity index (χ0) is 12.3. The van der Waals surface area contributed by atoms with Crippen molar-refractivity contribution in [2.45, 2.75) is 13.5 Å². The highest BCUT2D eigenvalue weighted by molar-refractivity contribution is 9.10. The molecule has 0 saturated carbocycles. The van der Waals surface area contributed by atoms with Crippen molar-refractivity contribution in [3.63, 3.8) is 0 Å². The number of nitrogens with one attached hydrogen (secondary N) is 1. The Hall–Kier alpha value is -1.31. The maximum Gasteiger partial charge on any atom is 0.100 e. The molecule has 0 atom stereocenters. The zero-order valence-corrected chi connectivity index (χ0v) is 11.7. The Labute approximate surface area is 113 Å². The van der Waals surface area contributed by atoms with E-state index in [-0.39, 0.29) is 0 Å². The van der Waals surface area contributed by atoms with Crippen molar-refractivity contribution < 1.29 is 0 Å². The predicted octanol–water partition coefficient (Wildman–Crippen LogP) is 4.30. The lowest BCUT2D eigenvalue weighted by molar-refractivity contribution is 1.18. The van der Waals surface area contributed by atoms with Crippen LogP contribution in [0.1, 0.15) is 16.0 Å². The smallest absolute Gasteiger partial charge is 0.100 e. The molecular formula is C13H11BrN2S. The van der Waals surface area contributed by atoms with E-state index in [1.807, 2.05) is 23.6 Å². The Morgan fingerprint density at radius 2 is 2.29 bits per heavy atom. The van der Waals surface area contributed by atoms with Crippen LogP contribution in [-0.2, 0) is 6.54 Å². The molecule has 0 aliphatic rings. The molecule has 0 bridgehead atoms. The highest BCUT2D eigenvalue weighted by atomic mass is 79.9. The van der Waals surface area contributed by atoms with Gasteiger partial charge in [0.25, 0.3) is 0 Å². The van der Waals surface area contributed by atoms with Gasteiger partial charge in [-0.25, -0.2) is 0 Å². The molecule has 2 nitrogen and oxygen atoms in total. The van der Waals surface area contributed by atoms with Crippen LogP contribution in [0.5, 0.6) is 0 Å². The zero-order valence-electron chi connectivity index (χ0n) is 9.33. The molecule has 17 heavy (non-hydrogen) atoms. The van der Waals surface area contributed by atoms with Crippen LogP contribution in [0.4, 0.5) is 5.69 Å². The van der Waals surface area contributed by atoms with Crippen LogP contribution in [0.3, 0.4) is 0 Å². The summed E-state index contributed by atoms with van der Waals surface area (Å²) in [5.74, 6) is 0. The highest BCUT2D eigenvalue weighted by Crippen LogP contribution is 2.26. The first-order valence-corrected chi connectivity index (χ1v) is 6.84. The van der Waals surface area contributed by atoms with E-state index in [9.17, 15) is 0 Å². The van der Waals surface area contributed by atoms with Crippen molar-refractivity contribution in [2.24, 2.45) is 0 Å². The van der Waals surface area contributed by atoms with E-state index in [0.29, 0.717) is 0 Å². The fraction of sp³-hybridized carbons (Fsp3) is 0.154. The van der Waals surface area contributed by atoms with Gasteiger partial charge in [-0.3, -0.25) is 0 Å². The van der Waals surface area contributed by atoms with Crippen molar-refractivity contribution in [3.8, 4) is 6.07 Å². The molecule has 0 saturated heterocycles. The number of aryl methyl sites for hydroxylation is 1. The van der Waals surface area contributed by atoms with E-state index in [1.54, 1.807) is 11.3 Å². The molecule has 86 valence electrons. The Morgan fingerprint density at radius 3 is 3.00 bits per heavy atom. The lowest BCUT2D eigenvalue weighted by Crippen LogP contribution is -1.98. The number of nitriles is 1. The number of hydrogen-bond acceptors (Lipinski definition) is 3. The summed E-state index contributed by atoms with van der Waals surface area (Å²) in [7, 11) is 0. The summed E-state index contributed by atoms with van der Waals surface area (Å²) < 4.78 is 1.09. The fourth-order valence-electron chi connectivity index (χ4n) is 1.50. The molecule has 0 fully saturated rings. The second-order valence-electron chi connectivity index (χ2n) is 3.70. The Balaban J connectivity index is 2.07. The first-order chi connectivity index (χ1) is 8.20. The molecule has 4 heteroatoms. The number of rotatable bonds is 3. The lowest BCUT2D eigenvalue weighted by Gasteiger charge is -2.08. The minimum atomic E-state index is 0.732. The van der Waals surface area contributed by atoms with E-state index in [2.05, 4.69) is 40.3 Å². The summed E-state index contributed by atoms with van der Waals surface area (Å²) in [4.78, 5) is 1.16. The van der Waals surface area contributed by atoms with Crippen molar-refractivity contribution in [2.75, 3.05) is 5.32 Å². The first kappa shape index (κ1) is 12.2.